The first-order valence-electron chi connectivity index (χ1n) is 9.05. The summed E-state index contributed by atoms with van der Waals surface area (Å²) >= 11 is 0. The van der Waals surface area contributed by atoms with Crippen molar-refractivity contribution in [1.82, 2.24) is 0 Å². The summed E-state index contributed by atoms with van der Waals surface area (Å²) in [7, 11) is 3.18. The van der Waals surface area contributed by atoms with E-state index in [1.807, 2.05) is 6.92 Å². The maximum absolute atomic E-state index is 12.3. The fraction of sp³-hybridized carbons (Fsp3) is 0.889. The number of carbonyl (C=O) groups is 2. The lowest BCUT2D eigenvalue weighted by molar-refractivity contribution is -0.162. The van der Waals surface area contributed by atoms with Gasteiger partial charge in [-0.05, 0) is 6.42 Å². The predicted molar refractivity (Wildman–Crippen MR) is 94.9 cm³/mol. The Balaban J connectivity index is 4.17. The van der Waals surface area contributed by atoms with E-state index in [4.69, 9.17) is 28.4 Å². The molecule has 0 fully saturated rings. The van der Waals surface area contributed by atoms with Crippen molar-refractivity contribution in [2.45, 2.75) is 26.7 Å². The van der Waals surface area contributed by atoms with Crippen molar-refractivity contribution in [3.05, 3.63) is 0 Å². The Morgan fingerprint density at radius 1 is 0.731 bits per heavy atom. The smallest absolute Gasteiger partial charge is 0.309 e. The zero-order chi connectivity index (χ0) is 19.6. The molecule has 0 amide bonds. The minimum absolute atomic E-state index is 0.147. The predicted octanol–water partition coefficient (Wildman–Crippen LogP) is 1.45. The molecule has 8 heteroatoms. The zero-order valence-electron chi connectivity index (χ0n) is 16.5. The Labute approximate surface area is 156 Å². The van der Waals surface area contributed by atoms with Crippen LogP contribution in [-0.2, 0) is 38.0 Å². The minimum atomic E-state index is -0.573. The molecule has 0 aliphatic carbocycles. The quantitative estimate of drug-likeness (QED) is 0.278. The first-order chi connectivity index (χ1) is 12.6. The van der Waals surface area contributed by atoms with Crippen LogP contribution in [0, 0.1) is 11.8 Å². The molecule has 0 rings (SSSR count). The molecule has 0 spiro atoms. The molecule has 0 radical (unpaired) electrons. The highest BCUT2D eigenvalue weighted by Gasteiger charge is 2.31. The highest BCUT2D eigenvalue weighted by molar-refractivity contribution is 5.81. The molecule has 8 nitrogen and oxygen atoms in total. The van der Waals surface area contributed by atoms with Gasteiger partial charge in [-0.2, -0.15) is 0 Å². The van der Waals surface area contributed by atoms with E-state index < -0.39 is 23.8 Å². The molecule has 0 aromatic rings. The molecule has 2 atom stereocenters. The van der Waals surface area contributed by atoms with Crippen LogP contribution in [0.1, 0.15) is 26.7 Å². The van der Waals surface area contributed by atoms with Gasteiger partial charge in [0.1, 0.15) is 13.2 Å². The van der Waals surface area contributed by atoms with E-state index in [0.717, 1.165) is 6.42 Å². The molecule has 0 heterocycles. The second-order valence-corrected chi connectivity index (χ2v) is 5.73. The van der Waals surface area contributed by atoms with Crippen molar-refractivity contribution in [3.8, 4) is 0 Å². The zero-order valence-corrected chi connectivity index (χ0v) is 16.5. The molecule has 0 bridgehead atoms. The van der Waals surface area contributed by atoms with E-state index in [-0.39, 0.29) is 13.2 Å². The van der Waals surface area contributed by atoms with Crippen LogP contribution < -0.4 is 0 Å². The van der Waals surface area contributed by atoms with Gasteiger partial charge in [0.2, 0.25) is 0 Å². The van der Waals surface area contributed by atoms with Crippen LogP contribution in [0.4, 0.5) is 0 Å². The summed E-state index contributed by atoms with van der Waals surface area (Å²) in [6.45, 7) is 6.40. The van der Waals surface area contributed by atoms with E-state index in [2.05, 4.69) is 0 Å². The summed E-state index contributed by atoms with van der Waals surface area (Å²) in [4.78, 5) is 24.4. The average molecular weight is 378 g/mol. The van der Waals surface area contributed by atoms with E-state index in [1.54, 1.807) is 21.1 Å². The number of methoxy groups -OCH3 is 2. The molecule has 0 aliphatic heterocycles. The van der Waals surface area contributed by atoms with E-state index in [0.29, 0.717) is 46.1 Å². The molecule has 0 saturated carbocycles. The van der Waals surface area contributed by atoms with Gasteiger partial charge in [-0.1, -0.05) is 20.3 Å². The van der Waals surface area contributed by atoms with Crippen LogP contribution in [0.3, 0.4) is 0 Å². The fourth-order valence-electron chi connectivity index (χ4n) is 2.18. The fourth-order valence-corrected chi connectivity index (χ4v) is 2.18. The lowest BCUT2D eigenvalue weighted by Crippen LogP contribution is -2.32. The van der Waals surface area contributed by atoms with E-state index in [1.165, 1.54) is 0 Å². The lowest BCUT2D eigenvalue weighted by atomic mass is 9.90. The molecule has 0 aliphatic rings. The van der Waals surface area contributed by atoms with Crippen molar-refractivity contribution >= 4 is 11.9 Å². The third-order valence-electron chi connectivity index (χ3n) is 3.69. The SMILES string of the molecule is CCCC(C(=O)OCCOCCOC)C(C)C(=O)OCCOCCOC. The summed E-state index contributed by atoms with van der Waals surface area (Å²) in [5.74, 6) is -1.92. The Morgan fingerprint density at radius 2 is 1.19 bits per heavy atom. The molecule has 0 aromatic heterocycles. The second kappa shape index (κ2) is 17.2. The van der Waals surface area contributed by atoms with Gasteiger partial charge < -0.3 is 28.4 Å². The third-order valence-corrected chi connectivity index (χ3v) is 3.69. The Morgan fingerprint density at radius 3 is 1.65 bits per heavy atom. The number of rotatable bonds is 17. The maximum Gasteiger partial charge on any atom is 0.309 e. The van der Waals surface area contributed by atoms with Crippen LogP contribution in [0.2, 0.25) is 0 Å². The molecule has 154 valence electrons. The van der Waals surface area contributed by atoms with Crippen molar-refractivity contribution in [3.63, 3.8) is 0 Å². The summed E-state index contributed by atoms with van der Waals surface area (Å²) in [6, 6.07) is 0. The van der Waals surface area contributed by atoms with Crippen molar-refractivity contribution in [1.29, 1.82) is 0 Å². The Hall–Kier alpha value is -1.22. The normalized spacial score (nSPS) is 13.2. The first kappa shape index (κ1) is 24.8. The molecule has 26 heavy (non-hydrogen) atoms. The lowest BCUT2D eigenvalue weighted by Gasteiger charge is -2.21. The topological polar surface area (TPSA) is 89.5 Å². The number of carbonyl (C=O) groups excluding carboxylic acids is 2. The van der Waals surface area contributed by atoms with Gasteiger partial charge in [-0.3, -0.25) is 9.59 Å². The number of esters is 2. The molecule has 2 unspecified atom stereocenters. The van der Waals surface area contributed by atoms with Gasteiger partial charge in [0.25, 0.3) is 0 Å². The number of hydrogen-bond donors (Lipinski definition) is 0. The largest absolute Gasteiger partial charge is 0.463 e. The maximum atomic E-state index is 12.3. The summed E-state index contributed by atoms with van der Waals surface area (Å²) < 4.78 is 30.6. The van der Waals surface area contributed by atoms with Crippen LogP contribution in [-0.4, -0.2) is 79.0 Å². The van der Waals surface area contributed by atoms with Crippen molar-refractivity contribution < 1.29 is 38.0 Å². The number of hydrogen-bond acceptors (Lipinski definition) is 8. The highest BCUT2D eigenvalue weighted by atomic mass is 16.6. The molecular formula is C18H34O8. The molecule has 0 saturated heterocycles. The van der Waals surface area contributed by atoms with Gasteiger partial charge >= 0.3 is 11.9 Å². The Bertz CT molecular complexity index is 361. The minimum Gasteiger partial charge on any atom is -0.463 e. The third kappa shape index (κ3) is 12.2. The molecule has 0 N–H and O–H groups in total. The van der Waals surface area contributed by atoms with Gasteiger partial charge in [-0.25, -0.2) is 0 Å². The summed E-state index contributed by atoms with van der Waals surface area (Å²) in [5.41, 5.74) is 0. The summed E-state index contributed by atoms with van der Waals surface area (Å²) in [5, 5.41) is 0. The molecular weight excluding hydrogens is 344 g/mol. The number of ether oxygens (including phenoxy) is 6. The molecule has 0 aromatic carbocycles. The van der Waals surface area contributed by atoms with Gasteiger partial charge in [0.05, 0.1) is 51.5 Å². The van der Waals surface area contributed by atoms with E-state index in [9.17, 15) is 9.59 Å². The monoisotopic (exact) mass is 378 g/mol. The van der Waals surface area contributed by atoms with Crippen LogP contribution in [0.15, 0.2) is 0 Å². The van der Waals surface area contributed by atoms with E-state index >= 15 is 0 Å². The van der Waals surface area contributed by atoms with Gasteiger partial charge in [-0.15, -0.1) is 0 Å². The van der Waals surface area contributed by atoms with Crippen LogP contribution in [0.5, 0.6) is 0 Å². The van der Waals surface area contributed by atoms with Crippen molar-refractivity contribution in [2.75, 3.05) is 67.1 Å². The average Bonchev–Trinajstić information content (AvgIpc) is 2.64. The standard InChI is InChI=1S/C18H34O8/c1-5-6-16(18(20)26-14-12-24-10-8-22-4)15(2)17(19)25-13-11-23-9-7-21-3/h15-16H,5-14H2,1-4H3. The van der Waals surface area contributed by atoms with Crippen LogP contribution >= 0.6 is 0 Å². The summed E-state index contributed by atoms with van der Waals surface area (Å²) in [6.07, 6.45) is 1.33. The highest BCUT2D eigenvalue weighted by Crippen LogP contribution is 2.21. The second-order valence-electron chi connectivity index (χ2n) is 5.73. The van der Waals surface area contributed by atoms with Gasteiger partial charge in [0, 0.05) is 14.2 Å². The van der Waals surface area contributed by atoms with Crippen LogP contribution in [0.25, 0.3) is 0 Å². The van der Waals surface area contributed by atoms with Gasteiger partial charge in [0.15, 0.2) is 0 Å². The first-order valence-corrected chi connectivity index (χ1v) is 9.05. The van der Waals surface area contributed by atoms with Crippen molar-refractivity contribution in [2.24, 2.45) is 11.8 Å². The Kier molecular flexibility index (Phi) is 16.4.